The quantitative estimate of drug-likeness (QED) is 0.783. The van der Waals surface area contributed by atoms with Crippen molar-refractivity contribution in [1.29, 1.82) is 0 Å². The molecule has 0 atom stereocenters. The molecule has 0 spiro atoms. The number of nitrogens with one attached hydrogen (secondary N) is 1. The van der Waals surface area contributed by atoms with Crippen molar-refractivity contribution < 1.29 is 9.90 Å². The van der Waals surface area contributed by atoms with Gasteiger partial charge in [-0.25, -0.2) is 0 Å². The number of thiophene rings is 1. The number of carbonyl (C=O) groups excluding carboxylic acids is 1. The number of pyridine rings is 1. The van der Waals surface area contributed by atoms with Gasteiger partial charge in [-0.3, -0.25) is 9.78 Å². The van der Waals surface area contributed by atoms with Gasteiger partial charge < -0.3 is 16.2 Å². The van der Waals surface area contributed by atoms with Crippen LogP contribution in [0.25, 0.3) is 10.2 Å². The lowest BCUT2D eigenvalue weighted by Crippen LogP contribution is -2.30. The SMILES string of the molecule is Nc1c(C(=O)NCC2(CCO)CC2)sc2cccnc12. The Bertz CT molecular complexity index is 649. The summed E-state index contributed by atoms with van der Waals surface area (Å²) in [5, 5.41) is 12.0. The van der Waals surface area contributed by atoms with Crippen LogP contribution in [0.1, 0.15) is 28.9 Å². The van der Waals surface area contributed by atoms with Gasteiger partial charge in [-0.15, -0.1) is 11.3 Å². The van der Waals surface area contributed by atoms with Crippen LogP contribution in [0.2, 0.25) is 0 Å². The molecular formula is C14H17N3O2S. The largest absolute Gasteiger partial charge is 0.396 e. The van der Waals surface area contributed by atoms with Gasteiger partial charge in [0.05, 0.1) is 10.4 Å². The number of hydrogen-bond donors (Lipinski definition) is 3. The fourth-order valence-corrected chi connectivity index (χ4v) is 3.39. The molecule has 1 aliphatic carbocycles. The van der Waals surface area contributed by atoms with E-state index < -0.39 is 0 Å². The van der Waals surface area contributed by atoms with Crippen LogP contribution in [0.4, 0.5) is 5.69 Å². The van der Waals surface area contributed by atoms with E-state index in [4.69, 9.17) is 10.8 Å². The second-order valence-electron chi connectivity index (χ2n) is 5.35. The summed E-state index contributed by atoms with van der Waals surface area (Å²) in [5.41, 5.74) is 7.25. The lowest BCUT2D eigenvalue weighted by molar-refractivity contribution is 0.0945. The standard InChI is InChI=1S/C14H17N3O2S/c15-10-11-9(2-1-6-16-11)20-12(10)13(19)17-8-14(3-4-14)5-7-18/h1-2,6,18H,3-5,7-8,15H2,(H,17,19). The van der Waals surface area contributed by atoms with E-state index in [9.17, 15) is 4.79 Å². The molecule has 1 amide bonds. The average Bonchev–Trinajstić information content (AvgIpc) is 3.14. The van der Waals surface area contributed by atoms with Crippen LogP contribution < -0.4 is 11.1 Å². The van der Waals surface area contributed by atoms with Crippen LogP contribution in [0, 0.1) is 5.41 Å². The van der Waals surface area contributed by atoms with Crippen molar-refractivity contribution >= 4 is 33.1 Å². The number of aliphatic hydroxyl groups excluding tert-OH is 1. The first-order valence-electron chi connectivity index (χ1n) is 6.67. The van der Waals surface area contributed by atoms with Crippen LogP contribution in [0.3, 0.4) is 0 Å². The third-order valence-corrected chi connectivity index (χ3v) is 5.07. The highest BCUT2D eigenvalue weighted by Crippen LogP contribution is 2.48. The lowest BCUT2D eigenvalue weighted by atomic mass is 10.0. The number of nitrogens with two attached hydrogens (primary N) is 1. The van der Waals surface area contributed by atoms with Gasteiger partial charge in [-0.05, 0) is 36.8 Å². The van der Waals surface area contributed by atoms with Gasteiger partial charge in [0.2, 0.25) is 0 Å². The molecule has 1 saturated carbocycles. The molecule has 0 aliphatic heterocycles. The summed E-state index contributed by atoms with van der Waals surface area (Å²) in [6, 6.07) is 3.74. The zero-order chi connectivity index (χ0) is 14.2. The molecule has 5 nitrogen and oxygen atoms in total. The van der Waals surface area contributed by atoms with Crippen LogP contribution >= 0.6 is 11.3 Å². The summed E-state index contributed by atoms with van der Waals surface area (Å²) < 4.78 is 0.923. The Morgan fingerprint density at radius 1 is 1.55 bits per heavy atom. The summed E-state index contributed by atoms with van der Waals surface area (Å²) >= 11 is 1.37. The Balaban J connectivity index is 1.74. The Hall–Kier alpha value is -1.66. The first kappa shape index (κ1) is 13.3. The van der Waals surface area contributed by atoms with Crippen molar-refractivity contribution in [1.82, 2.24) is 10.3 Å². The van der Waals surface area contributed by atoms with Gasteiger partial charge in [0.1, 0.15) is 10.4 Å². The van der Waals surface area contributed by atoms with Crippen molar-refractivity contribution in [3.05, 3.63) is 23.2 Å². The molecule has 2 heterocycles. The topological polar surface area (TPSA) is 88.2 Å². The zero-order valence-corrected chi connectivity index (χ0v) is 11.9. The molecule has 1 aliphatic rings. The molecule has 6 heteroatoms. The van der Waals surface area contributed by atoms with E-state index >= 15 is 0 Å². The maximum atomic E-state index is 12.2. The van der Waals surface area contributed by atoms with E-state index in [-0.39, 0.29) is 17.9 Å². The first-order valence-corrected chi connectivity index (χ1v) is 7.49. The molecule has 0 radical (unpaired) electrons. The van der Waals surface area contributed by atoms with Crippen LogP contribution in [-0.4, -0.2) is 29.1 Å². The Morgan fingerprint density at radius 2 is 2.35 bits per heavy atom. The molecule has 2 aromatic rings. The number of nitrogen functional groups attached to an aromatic ring is 1. The Morgan fingerprint density at radius 3 is 3.00 bits per heavy atom. The minimum atomic E-state index is -0.144. The molecule has 106 valence electrons. The second kappa shape index (κ2) is 5.03. The van der Waals surface area contributed by atoms with Crippen molar-refractivity contribution in [3.63, 3.8) is 0 Å². The molecule has 2 aromatic heterocycles. The molecule has 0 unspecified atom stereocenters. The average molecular weight is 291 g/mol. The number of carbonyl (C=O) groups is 1. The van der Waals surface area contributed by atoms with E-state index in [2.05, 4.69) is 10.3 Å². The highest BCUT2D eigenvalue weighted by molar-refractivity contribution is 7.21. The van der Waals surface area contributed by atoms with Crippen molar-refractivity contribution in [2.45, 2.75) is 19.3 Å². The predicted molar refractivity (Wildman–Crippen MR) is 79.7 cm³/mol. The minimum absolute atomic E-state index is 0.105. The first-order chi connectivity index (χ1) is 9.65. The van der Waals surface area contributed by atoms with Gasteiger partial charge in [0, 0.05) is 19.3 Å². The van der Waals surface area contributed by atoms with Crippen LogP contribution in [0.15, 0.2) is 18.3 Å². The van der Waals surface area contributed by atoms with Crippen LogP contribution in [0.5, 0.6) is 0 Å². The summed E-state index contributed by atoms with van der Waals surface area (Å²) in [4.78, 5) is 17.0. The summed E-state index contributed by atoms with van der Waals surface area (Å²) in [6.45, 7) is 0.776. The lowest BCUT2D eigenvalue weighted by Gasteiger charge is -2.14. The highest BCUT2D eigenvalue weighted by Gasteiger charge is 2.42. The van der Waals surface area contributed by atoms with Crippen LogP contribution in [-0.2, 0) is 0 Å². The molecular weight excluding hydrogens is 274 g/mol. The minimum Gasteiger partial charge on any atom is -0.396 e. The normalized spacial score (nSPS) is 16.2. The number of nitrogens with zero attached hydrogens (tertiary/aromatic N) is 1. The Kier molecular flexibility index (Phi) is 3.35. The highest BCUT2D eigenvalue weighted by atomic mass is 32.1. The number of rotatable bonds is 5. The van der Waals surface area contributed by atoms with Gasteiger partial charge in [-0.2, -0.15) is 0 Å². The van der Waals surface area contributed by atoms with Gasteiger partial charge in [0.15, 0.2) is 0 Å². The van der Waals surface area contributed by atoms with Crippen molar-refractivity contribution in [2.24, 2.45) is 5.41 Å². The number of anilines is 1. The van der Waals surface area contributed by atoms with E-state index in [1.54, 1.807) is 6.20 Å². The molecule has 1 fully saturated rings. The van der Waals surface area contributed by atoms with Gasteiger partial charge in [0.25, 0.3) is 5.91 Å². The van der Waals surface area contributed by atoms with Crippen molar-refractivity contribution in [2.75, 3.05) is 18.9 Å². The smallest absolute Gasteiger partial charge is 0.263 e. The fourth-order valence-electron chi connectivity index (χ4n) is 2.39. The summed E-state index contributed by atoms with van der Waals surface area (Å²) in [6.07, 6.45) is 4.55. The number of aliphatic hydroxyl groups is 1. The van der Waals surface area contributed by atoms with Crippen molar-refractivity contribution in [3.8, 4) is 0 Å². The molecule has 20 heavy (non-hydrogen) atoms. The number of aromatic nitrogens is 1. The Labute approximate surface area is 120 Å². The zero-order valence-electron chi connectivity index (χ0n) is 11.1. The van der Waals surface area contributed by atoms with E-state index in [1.165, 1.54) is 11.3 Å². The molecule has 3 rings (SSSR count). The fraction of sp³-hybridized carbons (Fsp3) is 0.429. The van der Waals surface area contributed by atoms with E-state index in [1.807, 2.05) is 12.1 Å². The summed E-state index contributed by atoms with van der Waals surface area (Å²) in [7, 11) is 0. The molecule has 0 saturated heterocycles. The molecule has 0 aromatic carbocycles. The number of hydrogen-bond acceptors (Lipinski definition) is 5. The van der Waals surface area contributed by atoms with Gasteiger partial charge in [-0.1, -0.05) is 0 Å². The maximum Gasteiger partial charge on any atom is 0.263 e. The molecule has 4 N–H and O–H groups in total. The molecule has 0 bridgehead atoms. The number of fused-ring (bicyclic) bond motifs is 1. The number of amides is 1. The monoisotopic (exact) mass is 291 g/mol. The summed E-state index contributed by atoms with van der Waals surface area (Å²) in [5.74, 6) is -0.144. The van der Waals surface area contributed by atoms with E-state index in [0.29, 0.717) is 22.6 Å². The third-order valence-electron chi connectivity index (χ3n) is 3.91. The predicted octanol–water partition coefficient (Wildman–Crippen LogP) is 1.77. The maximum absolute atomic E-state index is 12.2. The van der Waals surface area contributed by atoms with E-state index in [0.717, 1.165) is 24.0 Å². The van der Waals surface area contributed by atoms with Gasteiger partial charge >= 0.3 is 0 Å². The second-order valence-corrected chi connectivity index (χ2v) is 6.40. The third kappa shape index (κ3) is 2.36.